The van der Waals surface area contributed by atoms with Crippen LogP contribution in [0.4, 0.5) is 11.5 Å². The SMILES string of the molecule is Cc1ccc(N2CCNCC2)cc1C(=O)N[C@H](C)c1cc(-c2cnn(C)c2)cc(-c2cc(Cl)cnc2N)c1. The van der Waals surface area contributed by atoms with Crippen molar-refractivity contribution in [1.29, 1.82) is 0 Å². The van der Waals surface area contributed by atoms with E-state index in [1.807, 2.05) is 63.6 Å². The minimum absolute atomic E-state index is 0.107. The number of nitrogen functional groups attached to an aromatic ring is 1. The number of pyridine rings is 1. The molecule has 5 rings (SSSR count). The molecule has 1 aliphatic heterocycles. The number of halogens is 1. The van der Waals surface area contributed by atoms with E-state index in [4.69, 9.17) is 17.3 Å². The summed E-state index contributed by atoms with van der Waals surface area (Å²) in [5.41, 5.74) is 13.4. The van der Waals surface area contributed by atoms with Crippen LogP contribution in [0.1, 0.15) is 34.5 Å². The lowest BCUT2D eigenvalue weighted by molar-refractivity contribution is 0.0939. The van der Waals surface area contributed by atoms with E-state index in [1.54, 1.807) is 4.68 Å². The molecule has 1 aliphatic rings. The van der Waals surface area contributed by atoms with Crippen LogP contribution in [0.2, 0.25) is 5.02 Å². The number of carbonyl (C=O) groups is 1. The standard InChI is InChI=1S/C29H32ClN7O/c1-18-4-5-25(37-8-6-32-7-9-37)14-26(18)29(38)35-19(2)20-10-21(23-15-34-36(3)17-23)12-22(11-20)27-13-24(30)16-33-28(27)31/h4-5,10-17,19,32H,6-9H2,1-3H3,(H2,31,33)(H,35,38)/t19-/m1/s1. The summed E-state index contributed by atoms with van der Waals surface area (Å²) in [6, 6.07) is 13.8. The summed E-state index contributed by atoms with van der Waals surface area (Å²) >= 11 is 6.25. The number of nitrogens with zero attached hydrogens (tertiary/aromatic N) is 4. The molecule has 4 aromatic rings. The van der Waals surface area contributed by atoms with Crippen molar-refractivity contribution in [2.75, 3.05) is 36.8 Å². The van der Waals surface area contributed by atoms with E-state index in [0.717, 1.165) is 65.2 Å². The van der Waals surface area contributed by atoms with Gasteiger partial charge in [0, 0.05) is 68.0 Å². The highest BCUT2D eigenvalue weighted by atomic mass is 35.5. The molecule has 8 nitrogen and oxygen atoms in total. The van der Waals surface area contributed by atoms with Crippen LogP contribution in [0.15, 0.2) is 61.1 Å². The van der Waals surface area contributed by atoms with Gasteiger partial charge in [0.2, 0.25) is 0 Å². The Kier molecular flexibility index (Phi) is 7.35. The lowest BCUT2D eigenvalue weighted by Gasteiger charge is -2.30. The van der Waals surface area contributed by atoms with E-state index < -0.39 is 0 Å². The summed E-state index contributed by atoms with van der Waals surface area (Å²) in [5, 5.41) is 11.4. The van der Waals surface area contributed by atoms with Gasteiger partial charge < -0.3 is 21.3 Å². The summed E-state index contributed by atoms with van der Waals surface area (Å²) in [6.07, 6.45) is 5.30. The topological polar surface area (TPSA) is 101 Å². The van der Waals surface area contributed by atoms with Crippen molar-refractivity contribution in [1.82, 2.24) is 25.4 Å². The van der Waals surface area contributed by atoms with Gasteiger partial charge in [-0.15, -0.1) is 0 Å². The number of hydrogen-bond acceptors (Lipinski definition) is 6. The second-order valence-electron chi connectivity index (χ2n) is 9.76. The van der Waals surface area contributed by atoms with Crippen LogP contribution in [0.25, 0.3) is 22.3 Å². The molecule has 1 atom stereocenters. The maximum Gasteiger partial charge on any atom is 0.252 e. The zero-order valence-electron chi connectivity index (χ0n) is 21.8. The molecule has 0 spiro atoms. The van der Waals surface area contributed by atoms with E-state index >= 15 is 0 Å². The zero-order chi connectivity index (χ0) is 26.8. The number of aromatic nitrogens is 3. The Hall–Kier alpha value is -3.88. The normalized spacial score (nSPS) is 14.4. The molecule has 0 radical (unpaired) electrons. The molecular formula is C29H32ClN7O. The van der Waals surface area contributed by atoms with Crippen molar-refractivity contribution in [2.24, 2.45) is 7.05 Å². The lowest BCUT2D eigenvalue weighted by Crippen LogP contribution is -2.43. The van der Waals surface area contributed by atoms with Crippen molar-refractivity contribution in [3.63, 3.8) is 0 Å². The van der Waals surface area contributed by atoms with Gasteiger partial charge in [0.05, 0.1) is 17.3 Å². The third kappa shape index (κ3) is 5.51. The molecule has 1 saturated heterocycles. The number of nitrogens with one attached hydrogen (secondary N) is 2. The second-order valence-corrected chi connectivity index (χ2v) is 10.2. The first kappa shape index (κ1) is 25.8. The van der Waals surface area contributed by atoms with E-state index in [-0.39, 0.29) is 11.9 Å². The van der Waals surface area contributed by atoms with Crippen LogP contribution in [0, 0.1) is 6.92 Å². The Bertz CT molecular complexity index is 1480. The Morgan fingerprint density at radius 3 is 2.58 bits per heavy atom. The minimum Gasteiger partial charge on any atom is -0.383 e. The quantitative estimate of drug-likeness (QED) is 0.337. The van der Waals surface area contributed by atoms with Crippen molar-refractivity contribution in [2.45, 2.75) is 19.9 Å². The first-order chi connectivity index (χ1) is 18.3. The van der Waals surface area contributed by atoms with E-state index in [1.165, 1.54) is 6.20 Å². The molecule has 4 N–H and O–H groups in total. The fourth-order valence-electron chi connectivity index (χ4n) is 4.81. The van der Waals surface area contributed by atoms with Crippen LogP contribution < -0.4 is 21.3 Å². The zero-order valence-corrected chi connectivity index (χ0v) is 22.6. The van der Waals surface area contributed by atoms with Gasteiger partial charge in [-0.25, -0.2) is 4.98 Å². The Labute approximate surface area is 227 Å². The molecule has 2 aromatic heterocycles. The molecule has 3 heterocycles. The summed E-state index contributed by atoms with van der Waals surface area (Å²) in [6.45, 7) is 7.68. The van der Waals surface area contributed by atoms with Crippen LogP contribution >= 0.6 is 11.6 Å². The number of nitrogens with two attached hydrogens (primary N) is 1. The Morgan fingerprint density at radius 1 is 1.08 bits per heavy atom. The van der Waals surface area contributed by atoms with Crippen molar-refractivity contribution < 1.29 is 4.79 Å². The summed E-state index contributed by atoms with van der Waals surface area (Å²) in [5.74, 6) is 0.282. The number of piperazine rings is 1. The van der Waals surface area contributed by atoms with Gasteiger partial charge >= 0.3 is 0 Å². The smallest absolute Gasteiger partial charge is 0.252 e. The molecule has 38 heavy (non-hydrogen) atoms. The van der Waals surface area contributed by atoms with Gasteiger partial charge in [-0.05, 0) is 72.5 Å². The van der Waals surface area contributed by atoms with E-state index in [0.29, 0.717) is 16.4 Å². The number of hydrogen-bond donors (Lipinski definition) is 3. The van der Waals surface area contributed by atoms with Crippen LogP contribution in [0.5, 0.6) is 0 Å². The number of benzene rings is 2. The van der Waals surface area contributed by atoms with Crippen LogP contribution in [0.3, 0.4) is 0 Å². The van der Waals surface area contributed by atoms with Crippen molar-refractivity contribution in [3.8, 4) is 22.3 Å². The van der Waals surface area contributed by atoms with Gasteiger partial charge in [0.1, 0.15) is 5.82 Å². The Morgan fingerprint density at radius 2 is 1.84 bits per heavy atom. The highest BCUT2D eigenvalue weighted by Crippen LogP contribution is 2.34. The highest BCUT2D eigenvalue weighted by molar-refractivity contribution is 6.30. The maximum absolute atomic E-state index is 13.5. The summed E-state index contributed by atoms with van der Waals surface area (Å²) in [4.78, 5) is 20.0. The van der Waals surface area contributed by atoms with E-state index in [2.05, 4.69) is 37.7 Å². The lowest BCUT2D eigenvalue weighted by atomic mass is 9.95. The predicted octanol–water partition coefficient (Wildman–Crippen LogP) is 4.59. The molecule has 196 valence electrons. The average Bonchev–Trinajstić information content (AvgIpc) is 3.36. The number of aryl methyl sites for hydroxylation is 2. The van der Waals surface area contributed by atoms with Crippen molar-refractivity contribution >= 4 is 29.0 Å². The number of rotatable bonds is 6. The van der Waals surface area contributed by atoms with Gasteiger partial charge in [-0.2, -0.15) is 5.10 Å². The van der Waals surface area contributed by atoms with Crippen LogP contribution in [-0.4, -0.2) is 46.9 Å². The first-order valence-corrected chi connectivity index (χ1v) is 13.1. The summed E-state index contributed by atoms with van der Waals surface area (Å²) in [7, 11) is 1.88. The number of carbonyl (C=O) groups excluding carboxylic acids is 1. The predicted molar refractivity (Wildman–Crippen MR) is 153 cm³/mol. The third-order valence-corrected chi connectivity index (χ3v) is 7.19. The molecule has 9 heteroatoms. The third-order valence-electron chi connectivity index (χ3n) is 6.99. The summed E-state index contributed by atoms with van der Waals surface area (Å²) < 4.78 is 1.76. The molecule has 0 saturated carbocycles. The first-order valence-electron chi connectivity index (χ1n) is 12.7. The molecule has 0 aliphatic carbocycles. The molecule has 1 fully saturated rings. The highest BCUT2D eigenvalue weighted by Gasteiger charge is 2.19. The largest absolute Gasteiger partial charge is 0.383 e. The van der Waals surface area contributed by atoms with Crippen molar-refractivity contribution in [3.05, 3.63) is 82.8 Å². The average molecular weight is 530 g/mol. The van der Waals surface area contributed by atoms with Gasteiger partial charge in [0.15, 0.2) is 0 Å². The molecule has 0 unspecified atom stereocenters. The molecule has 0 bridgehead atoms. The minimum atomic E-state index is -0.270. The fraction of sp³-hybridized carbons (Fsp3) is 0.276. The fourth-order valence-corrected chi connectivity index (χ4v) is 4.97. The van der Waals surface area contributed by atoms with Crippen LogP contribution in [-0.2, 0) is 7.05 Å². The Balaban J connectivity index is 1.47. The molecular weight excluding hydrogens is 498 g/mol. The van der Waals surface area contributed by atoms with E-state index in [9.17, 15) is 4.79 Å². The number of amides is 1. The molecule has 1 amide bonds. The van der Waals surface area contributed by atoms with Gasteiger partial charge in [-0.1, -0.05) is 17.7 Å². The van der Waals surface area contributed by atoms with Gasteiger partial charge in [-0.3, -0.25) is 9.48 Å². The number of anilines is 2. The molecule has 2 aromatic carbocycles. The monoisotopic (exact) mass is 529 g/mol. The van der Waals surface area contributed by atoms with Gasteiger partial charge in [0.25, 0.3) is 5.91 Å². The maximum atomic E-state index is 13.5. The second kappa shape index (κ2) is 10.8.